The molecule has 2 heterocycles. The molecule has 0 spiro atoms. The number of benzene rings is 1. The second kappa shape index (κ2) is 6.26. The molecule has 1 aromatic rings. The van der Waals surface area contributed by atoms with Crippen LogP contribution < -0.4 is 10.2 Å². The number of ether oxygens (including phenoxy) is 1. The topological polar surface area (TPSA) is 58.6 Å². The Hall–Kier alpha value is -1.88. The predicted octanol–water partition coefficient (Wildman–Crippen LogP) is 2.18. The minimum atomic E-state index is 0.0404. The van der Waals surface area contributed by atoms with E-state index in [2.05, 4.69) is 5.32 Å². The van der Waals surface area contributed by atoms with E-state index in [0.29, 0.717) is 19.6 Å². The van der Waals surface area contributed by atoms with Gasteiger partial charge in [0.25, 0.3) is 0 Å². The van der Waals surface area contributed by atoms with Gasteiger partial charge < -0.3 is 15.0 Å². The number of carbonyl (C=O) groups is 2. The standard InChI is InChI=1S/C16H20N2O3/c19-15-2-1-9-18(15)14-5-3-13(4-6-14)17-16(20)12-7-10-21-11-8-12/h3-6,12H,1-2,7-11H2,(H,17,20). The zero-order valence-electron chi connectivity index (χ0n) is 12.0. The molecular weight excluding hydrogens is 268 g/mol. The smallest absolute Gasteiger partial charge is 0.227 e. The van der Waals surface area contributed by atoms with Crippen LogP contribution >= 0.6 is 0 Å². The fourth-order valence-electron chi connectivity index (χ4n) is 2.85. The molecule has 0 atom stereocenters. The van der Waals surface area contributed by atoms with E-state index >= 15 is 0 Å². The van der Waals surface area contributed by atoms with Crippen molar-refractivity contribution in [1.29, 1.82) is 0 Å². The predicted molar refractivity (Wildman–Crippen MR) is 80.2 cm³/mol. The van der Waals surface area contributed by atoms with Crippen molar-refractivity contribution in [2.24, 2.45) is 5.92 Å². The number of amides is 2. The minimum Gasteiger partial charge on any atom is -0.381 e. The van der Waals surface area contributed by atoms with Crippen molar-refractivity contribution in [3.63, 3.8) is 0 Å². The van der Waals surface area contributed by atoms with Crippen LogP contribution in [0, 0.1) is 5.92 Å². The highest BCUT2D eigenvalue weighted by Gasteiger charge is 2.23. The van der Waals surface area contributed by atoms with Crippen LogP contribution in [-0.4, -0.2) is 31.6 Å². The zero-order chi connectivity index (χ0) is 14.7. The second-order valence-electron chi connectivity index (χ2n) is 5.57. The quantitative estimate of drug-likeness (QED) is 0.927. The summed E-state index contributed by atoms with van der Waals surface area (Å²) in [5, 5.41) is 2.94. The number of nitrogens with zero attached hydrogens (tertiary/aromatic N) is 1. The van der Waals surface area contributed by atoms with Crippen LogP contribution in [0.5, 0.6) is 0 Å². The van der Waals surface area contributed by atoms with Crippen LogP contribution in [0.4, 0.5) is 11.4 Å². The first-order valence-corrected chi connectivity index (χ1v) is 7.53. The number of hydrogen-bond acceptors (Lipinski definition) is 3. The first-order valence-electron chi connectivity index (χ1n) is 7.53. The molecule has 2 aliphatic heterocycles. The highest BCUT2D eigenvalue weighted by Crippen LogP contribution is 2.24. The maximum atomic E-state index is 12.1. The van der Waals surface area contributed by atoms with E-state index in [1.165, 1.54) is 0 Å². The molecule has 0 bridgehead atoms. The third-order valence-corrected chi connectivity index (χ3v) is 4.11. The lowest BCUT2D eigenvalue weighted by Crippen LogP contribution is -2.28. The number of anilines is 2. The summed E-state index contributed by atoms with van der Waals surface area (Å²) in [6, 6.07) is 7.50. The van der Waals surface area contributed by atoms with E-state index in [1.807, 2.05) is 24.3 Å². The van der Waals surface area contributed by atoms with Gasteiger partial charge in [-0.15, -0.1) is 0 Å². The van der Waals surface area contributed by atoms with Gasteiger partial charge in [-0.1, -0.05) is 0 Å². The fourth-order valence-corrected chi connectivity index (χ4v) is 2.85. The van der Waals surface area contributed by atoms with Gasteiger partial charge in [0.05, 0.1) is 0 Å². The first kappa shape index (κ1) is 14.1. The molecule has 5 heteroatoms. The average molecular weight is 288 g/mol. The van der Waals surface area contributed by atoms with Crippen LogP contribution in [0.2, 0.25) is 0 Å². The maximum Gasteiger partial charge on any atom is 0.227 e. The van der Waals surface area contributed by atoms with Gasteiger partial charge in [-0.05, 0) is 43.5 Å². The number of nitrogens with one attached hydrogen (secondary N) is 1. The molecule has 21 heavy (non-hydrogen) atoms. The SMILES string of the molecule is O=C(Nc1ccc(N2CCCC2=O)cc1)C1CCOCC1. The van der Waals surface area contributed by atoms with E-state index < -0.39 is 0 Å². The van der Waals surface area contributed by atoms with Gasteiger partial charge in [0.15, 0.2) is 0 Å². The van der Waals surface area contributed by atoms with Crippen molar-refractivity contribution in [2.75, 3.05) is 30.0 Å². The number of rotatable bonds is 3. The second-order valence-corrected chi connectivity index (χ2v) is 5.57. The summed E-state index contributed by atoms with van der Waals surface area (Å²) in [6.07, 6.45) is 3.11. The van der Waals surface area contributed by atoms with Gasteiger partial charge in [0.2, 0.25) is 11.8 Å². The van der Waals surface area contributed by atoms with Gasteiger partial charge in [0.1, 0.15) is 0 Å². The third-order valence-electron chi connectivity index (χ3n) is 4.11. The Kier molecular flexibility index (Phi) is 4.20. The molecule has 2 amide bonds. The van der Waals surface area contributed by atoms with Crippen molar-refractivity contribution in [2.45, 2.75) is 25.7 Å². The highest BCUT2D eigenvalue weighted by molar-refractivity contribution is 5.96. The van der Waals surface area contributed by atoms with Crippen molar-refractivity contribution in [3.05, 3.63) is 24.3 Å². The van der Waals surface area contributed by atoms with Gasteiger partial charge in [-0.2, -0.15) is 0 Å². The summed E-state index contributed by atoms with van der Waals surface area (Å²) in [5.41, 5.74) is 1.68. The van der Waals surface area contributed by atoms with Crippen molar-refractivity contribution >= 4 is 23.2 Å². The molecule has 0 aliphatic carbocycles. The minimum absolute atomic E-state index is 0.0404. The average Bonchev–Trinajstić information content (AvgIpc) is 2.95. The Morgan fingerprint density at radius 1 is 1.19 bits per heavy atom. The molecule has 1 N–H and O–H groups in total. The molecule has 2 saturated heterocycles. The zero-order valence-corrected chi connectivity index (χ0v) is 12.0. The lowest BCUT2D eigenvalue weighted by atomic mass is 9.99. The van der Waals surface area contributed by atoms with Crippen molar-refractivity contribution in [3.8, 4) is 0 Å². The van der Waals surface area contributed by atoms with E-state index in [4.69, 9.17) is 4.74 Å². The molecule has 2 fully saturated rings. The number of hydrogen-bond donors (Lipinski definition) is 1. The molecule has 112 valence electrons. The molecule has 1 aromatic carbocycles. The van der Waals surface area contributed by atoms with E-state index in [-0.39, 0.29) is 17.7 Å². The van der Waals surface area contributed by atoms with Gasteiger partial charge in [0, 0.05) is 43.5 Å². The molecule has 3 rings (SSSR count). The van der Waals surface area contributed by atoms with E-state index in [0.717, 1.165) is 37.2 Å². The number of carbonyl (C=O) groups excluding carboxylic acids is 2. The summed E-state index contributed by atoms with van der Waals surface area (Å²) in [7, 11) is 0. The van der Waals surface area contributed by atoms with Crippen LogP contribution in [0.3, 0.4) is 0 Å². The van der Waals surface area contributed by atoms with Gasteiger partial charge >= 0.3 is 0 Å². The largest absolute Gasteiger partial charge is 0.381 e. The summed E-state index contributed by atoms with van der Waals surface area (Å²) in [6.45, 7) is 2.11. The molecular formula is C16H20N2O3. The maximum absolute atomic E-state index is 12.1. The summed E-state index contributed by atoms with van der Waals surface area (Å²) in [5.74, 6) is 0.274. The van der Waals surface area contributed by atoms with Crippen molar-refractivity contribution in [1.82, 2.24) is 0 Å². The summed E-state index contributed by atoms with van der Waals surface area (Å²) >= 11 is 0. The molecule has 2 aliphatic rings. The molecule has 0 aromatic heterocycles. The first-order chi connectivity index (χ1) is 10.2. The molecule has 5 nitrogen and oxygen atoms in total. The third kappa shape index (κ3) is 3.24. The Labute approximate surface area is 124 Å². The summed E-state index contributed by atoms with van der Waals surface area (Å²) < 4.78 is 5.27. The fraction of sp³-hybridized carbons (Fsp3) is 0.500. The van der Waals surface area contributed by atoms with Gasteiger partial charge in [-0.25, -0.2) is 0 Å². The molecule has 0 unspecified atom stereocenters. The Balaban J connectivity index is 1.61. The Bertz CT molecular complexity index is 521. The summed E-state index contributed by atoms with van der Waals surface area (Å²) in [4.78, 5) is 25.6. The highest BCUT2D eigenvalue weighted by atomic mass is 16.5. The van der Waals surface area contributed by atoms with Crippen LogP contribution in [0.25, 0.3) is 0 Å². The lowest BCUT2D eigenvalue weighted by Gasteiger charge is -2.21. The van der Waals surface area contributed by atoms with Crippen LogP contribution in [-0.2, 0) is 14.3 Å². The van der Waals surface area contributed by atoms with Crippen LogP contribution in [0.1, 0.15) is 25.7 Å². The van der Waals surface area contributed by atoms with Crippen molar-refractivity contribution < 1.29 is 14.3 Å². The Morgan fingerprint density at radius 2 is 1.90 bits per heavy atom. The van der Waals surface area contributed by atoms with Gasteiger partial charge in [-0.3, -0.25) is 9.59 Å². The normalized spacial score (nSPS) is 19.8. The van der Waals surface area contributed by atoms with E-state index in [9.17, 15) is 9.59 Å². The Morgan fingerprint density at radius 3 is 2.52 bits per heavy atom. The van der Waals surface area contributed by atoms with E-state index in [1.54, 1.807) is 4.90 Å². The monoisotopic (exact) mass is 288 g/mol. The van der Waals surface area contributed by atoms with Crippen LogP contribution in [0.15, 0.2) is 24.3 Å². The lowest BCUT2D eigenvalue weighted by molar-refractivity contribution is -0.122. The molecule has 0 saturated carbocycles. The molecule has 0 radical (unpaired) electrons.